The first kappa shape index (κ1) is 11.3. The zero-order valence-corrected chi connectivity index (χ0v) is 10.7. The molecule has 1 aromatic rings. The van der Waals surface area contributed by atoms with Gasteiger partial charge in [-0.05, 0) is 25.5 Å². The van der Waals surface area contributed by atoms with E-state index in [-0.39, 0.29) is 0 Å². The van der Waals surface area contributed by atoms with Gasteiger partial charge in [-0.25, -0.2) is 0 Å². The summed E-state index contributed by atoms with van der Waals surface area (Å²) in [7, 11) is 0. The van der Waals surface area contributed by atoms with E-state index in [0.29, 0.717) is 4.83 Å². The summed E-state index contributed by atoms with van der Waals surface area (Å²) in [4.78, 5) is 3.47. The Morgan fingerprint density at radius 1 is 1.38 bits per heavy atom. The monoisotopic (exact) mass is 260 g/mol. The first-order chi connectivity index (χ1) is 6.24. The van der Waals surface area contributed by atoms with Crippen molar-refractivity contribution in [2.45, 2.75) is 44.4 Å². The van der Waals surface area contributed by atoms with Crippen LogP contribution in [0.15, 0.2) is 12.1 Å². The molecule has 0 bridgehead atoms. The lowest BCUT2D eigenvalue weighted by Gasteiger charge is -2.05. The molecule has 1 rings (SSSR count). The van der Waals surface area contributed by atoms with Gasteiger partial charge in [-0.3, -0.25) is 0 Å². The van der Waals surface area contributed by atoms with Crippen LogP contribution in [0.3, 0.4) is 0 Å². The summed E-state index contributed by atoms with van der Waals surface area (Å²) in [5.74, 6) is 0. The first-order valence-electron chi connectivity index (χ1n) is 4.94. The number of hydrogen-bond acceptors (Lipinski definition) is 1. The molecule has 74 valence electrons. The molecule has 0 aliphatic carbocycles. The zero-order chi connectivity index (χ0) is 9.68. The Hall–Kier alpha value is 0.180. The molecule has 1 atom stereocenters. The van der Waals surface area contributed by atoms with Crippen molar-refractivity contribution in [2.24, 2.45) is 0 Å². The highest BCUT2D eigenvalue weighted by atomic mass is 79.9. The Labute approximate surface area is 93.5 Å². The predicted molar refractivity (Wildman–Crippen MR) is 64.9 cm³/mol. The Kier molecular flexibility index (Phi) is 5.04. The van der Waals surface area contributed by atoms with E-state index < -0.39 is 0 Å². The normalized spacial score (nSPS) is 13.2. The second-order valence-electron chi connectivity index (χ2n) is 3.41. The number of aryl methyl sites for hydroxylation is 1. The molecule has 13 heavy (non-hydrogen) atoms. The van der Waals surface area contributed by atoms with Crippen molar-refractivity contribution >= 4 is 27.3 Å². The largest absolute Gasteiger partial charge is 0.145 e. The summed E-state index contributed by atoms with van der Waals surface area (Å²) in [6.45, 7) is 4.42. The van der Waals surface area contributed by atoms with Crippen LogP contribution >= 0.6 is 27.3 Å². The minimum absolute atomic E-state index is 0.581. The number of rotatable bonds is 5. The molecule has 0 amide bonds. The molecule has 0 saturated carbocycles. The second kappa shape index (κ2) is 5.82. The fourth-order valence-corrected chi connectivity index (χ4v) is 2.98. The van der Waals surface area contributed by atoms with E-state index in [9.17, 15) is 0 Å². The van der Waals surface area contributed by atoms with Crippen LogP contribution in [-0.4, -0.2) is 0 Å². The highest BCUT2D eigenvalue weighted by Gasteiger charge is 2.08. The molecule has 0 nitrogen and oxygen atoms in total. The SMILES string of the molecule is CCCCCC(Br)c1ccc(C)s1. The summed E-state index contributed by atoms with van der Waals surface area (Å²) in [6.07, 6.45) is 5.27. The Morgan fingerprint density at radius 2 is 2.15 bits per heavy atom. The smallest absolute Gasteiger partial charge is 0.0489 e. The van der Waals surface area contributed by atoms with Crippen LogP contribution in [0.2, 0.25) is 0 Å². The molecule has 2 heteroatoms. The lowest BCUT2D eigenvalue weighted by molar-refractivity contribution is 0.667. The van der Waals surface area contributed by atoms with Gasteiger partial charge in [-0.2, -0.15) is 0 Å². The molecule has 0 aliphatic rings. The number of unbranched alkanes of at least 4 members (excludes halogenated alkanes) is 2. The molecule has 0 aliphatic heterocycles. The van der Waals surface area contributed by atoms with Gasteiger partial charge in [-0.1, -0.05) is 42.1 Å². The van der Waals surface area contributed by atoms with E-state index in [0.717, 1.165) is 0 Å². The predicted octanol–water partition coefficient (Wildman–Crippen LogP) is 5.07. The molecular weight excluding hydrogens is 244 g/mol. The second-order valence-corrected chi connectivity index (χ2v) is 5.84. The van der Waals surface area contributed by atoms with Gasteiger partial charge >= 0.3 is 0 Å². The fraction of sp³-hybridized carbons (Fsp3) is 0.636. The Bertz CT molecular complexity index is 242. The van der Waals surface area contributed by atoms with E-state index in [1.165, 1.54) is 35.4 Å². The lowest BCUT2D eigenvalue weighted by atomic mass is 10.1. The minimum atomic E-state index is 0.581. The molecule has 1 unspecified atom stereocenters. The van der Waals surface area contributed by atoms with Crippen molar-refractivity contribution in [3.63, 3.8) is 0 Å². The molecule has 1 aromatic heterocycles. The van der Waals surface area contributed by atoms with Crippen LogP contribution in [0.5, 0.6) is 0 Å². The maximum absolute atomic E-state index is 3.74. The quantitative estimate of drug-likeness (QED) is 0.512. The standard InChI is InChI=1S/C11H17BrS/c1-3-4-5-6-10(12)11-8-7-9(2)13-11/h7-8,10H,3-6H2,1-2H3. The number of hydrogen-bond donors (Lipinski definition) is 0. The number of alkyl halides is 1. The van der Waals surface area contributed by atoms with Crippen LogP contribution < -0.4 is 0 Å². The Balaban J connectivity index is 2.35. The topological polar surface area (TPSA) is 0 Å². The van der Waals surface area contributed by atoms with Gasteiger partial charge < -0.3 is 0 Å². The van der Waals surface area contributed by atoms with E-state index >= 15 is 0 Å². The number of halogens is 1. The van der Waals surface area contributed by atoms with Crippen molar-refractivity contribution in [3.05, 3.63) is 21.9 Å². The molecule has 0 N–H and O–H groups in total. The van der Waals surface area contributed by atoms with E-state index in [4.69, 9.17) is 0 Å². The fourth-order valence-electron chi connectivity index (χ4n) is 1.34. The van der Waals surface area contributed by atoms with Crippen LogP contribution in [0.25, 0.3) is 0 Å². The maximum Gasteiger partial charge on any atom is 0.0489 e. The third-order valence-corrected chi connectivity index (χ3v) is 4.50. The van der Waals surface area contributed by atoms with Crippen LogP contribution in [0, 0.1) is 6.92 Å². The summed E-state index contributed by atoms with van der Waals surface area (Å²) < 4.78 is 0. The van der Waals surface area contributed by atoms with Crippen LogP contribution in [0.4, 0.5) is 0 Å². The van der Waals surface area contributed by atoms with Crippen molar-refractivity contribution in [2.75, 3.05) is 0 Å². The van der Waals surface area contributed by atoms with Gasteiger partial charge in [0.1, 0.15) is 0 Å². The summed E-state index contributed by atoms with van der Waals surface area (Å²) in [6, 6.07) is 4.44. The molecule has 0 fully saturated rings. The van der Waals surface area contributed by atoms with Gasteiger partial charge in [-0.15, -0.1) is 11.3 Å². The molecule has 1 heterocycles. The maximum atomic E-state index is 3.74. The van der Waals surface area contributed by atoms with Crippen molar-refractivity contribution in [1.82, 2.24) is 0 Å². The highest BCUT2D eigenvalue weighted by molar-refractivity contribution is 9.09. The van der Waals surface area contributed by atoms with E-state index in [2.05, 4.69) is 41.9 Å². The highest BCUT2D eigenvalue weighted by Crippen LogP contribution is 2.33. The van der Waals surface area contributed by atoms with Gasteiger partial charge in [0.15, 0.2) is 0 Å². The van der Waals surface area contributed by atoms with E-state index in [1.54, 1.807) is 0 Å². The average molecular weight is 261 g/mol. The van der Waals surface area contributed by atoms with E-state index in [1.807, 2.05) is 11.3 Å². The minimum Gasteiger partial charge on any atom is -0.145 e. The van der Waals surface area contributed by atoms with Gasteiger partial charge in [0, 0.05) is 14.6 Å². The lowest BCUT2D eigenvalue weighted by Crippen LogP contribution is -1.85. The molecule has 0 spiro atoms. The van der Waals surface area contributed by atoms with Crippen molar-refractivity contribution in [1.29, 1.82) is 0 Å². The average Bonchev–Trinajstić information content (AvgIpc) is 2.52. The molecule has 0 aromatic carbocycles. The first-order valence-corrected chi connectivity index (χ1v) is 6.67. The van der Waals surface area contributed by atoms with Crippen molar-refractivity contribution in [3.8, 4) is 0 Å². The molecule has 0 radical (unpaired) electrons. The number of thiophene rings is 1. The third-order valence-electron chi connectivity index (χ3n) is 2.13. The summed E-state index contributed by atoms with van der Waals surface area (Å²) in [5, 5.41) is 0. The molecular formula is C11H17BrS. The third kappa shape index (κ3) is 3.82. The van der Waals surface area contributed by atoms with Crippen LogP contribution in [0.1, 0.15) is 47.2 Å². The zero-order valence-electron chi connectivity index (χ0n) is 8.35. The summed E-state index contributed by atoms with van der Waals surface area (Å²) >= 11 is 5.65. The van der Waals surface area contributed by atoms with Crippen LogP contribution in [-0.2, 0) is 0 Å². The van der Waals surface area contributed by atoms with Crippen molar-refractivity contribution < 1.29 is 0 Å². The van der Waals surface area contributed by atoms with Gasteiger partial charge in [0.05, 0.1) is 0 Å². The molecule has 0 saturated heterocycles. The van der Waals surface area contributed by atoms with Gasteiger partial charge in [0.25, 0.3) is 0 Å². The Morgan fingerprint density at radius 3 is 2.69 bits per heavy atom. The van der Waals surface area contributed by atoms with Gasteiger partial charge in [0.2, 0.25) is 0 Å². The summed E-state index contributed by atoms with van der Waals surface area (Å²) in [5.41, 5.74) is 0.